The largest absolute Gasteiger partial charge is 0.411 e. The van der Waals surface area contributed by atoms with Gasteiger partial charge in [-0.3, -0.25) is 0 Å². The number of rotatable bonds is 3. The Hall–Kier alpha value is -0.730. The lowest BCUT2D eigenvalue weighted by Crippen LogP contribution is -1.82. The molecule has 0 aliphatic heterocycles. The fraction of sp³-hybridized carbons (Fsp3) is 0. The molecule has 0 rings (SSSR count). The minimum atomic E-state index is 0.294. The van der Waals surface area contributed by atoms with Gasteiger partial charge in [0.15, 0.2) is 0 Å². The third-order valence-electron chi connectivity index (χ3n) is 0.804. The van der Waals surface area contributed by atoms with Gasteiger partial charge in [0.1, 0.15) is 0 Å². The van der Waals surface area contributed by atoms with Crippen molar-refractivity contribution in [2.45, 2.75) is 0 Å². The number of hydrogen-bond donors (Lipinski definition) is 1. The van der Waals surface area contributed by atoms with Crippen molar-refractivity contribution in [2.24, 2.45) is 5.16 Å². The van der Waals surface area contributed by atoms with E-state index in [2.05, 4.69) is 18.3 Å². The van der Waals surface area contributed by atoms with Crippen LogP contribution >= 0.6 is 23.2 Å². The summed E-state index contributed by atoms with van der Waals surface area (Å²) in [6.07, 6.45) is 2.52. The Morgan fingerprint density at radius 1 is 1.36 bits per heavy atom. The molecule has 60 valence electrons. The minimum absolute atomic E-state index is 0.294. The third kappa shape index (κ3) is 4.65. The maximum atomic E-state index is 8.09. The molecular weight excluding hydrogens is 185 g/mol. The molecule has 0 fully saturated rings. The summed E-state index contributed by atoms with van der Waals surface area (Å²) in [5.41, 5.74) is 0.371. The summed E-state index contributed by atoms with van der Waals surface area (Å²) in [6, 6.07) is 0. The first-order chi connectivity index (χ1) is 5.07. The SMILES string of the molecule is C=C(Cl)/C=C(/Cl)C(=C)/C=N/O. The van der Waals surface area contributed by atoms with Gasteiger partial charge < -0.3 is 5.21 Å². The number of oxime groups is 1. The van der Waals surface area contributed by atoms with E-state index in [0.717, 1.165) is 6.21 Å². The van der Waals surface area contributed by atoms with Crippen molar-refractivity contribution in [3.8, 4) is 0 Å². The molecule has 0 aromatic carbocycles. The van der Waals surface area contributed by atoms with Crippen molar-refractivity contribution in [2.75, 3.05) is 0 Å². The maximum Gasteiger partial charge on any atom is 0.0742 e. The van der Waals surface area contributed by atoms with Gasteiger partial charge in [-0.05, 0) is 6.08 Å². The first-order valence-corrected chi connectivity index (χ1v) is 3.42. The Labute approximate surface area is 75.1 Å². The van der Waals surface area contributed by atoms with E-state index in [0.29, 0.717) is 15.6 Å². The van der Waals surface area contributed by atoms with E-state index in [1.165, 1.54) is 6.08 Å². The lowest BCUT2D eigenvalue weighted by Gasteiger charge is -1.93. The molecule has 0 aromatic heterocycles. The molecule has 0 saturated heterocycles. The van der Waals surface area contributed by atoms with Crippen LogP contribution in [0.5, 0.6) is 0 Å². The second kappa shape index (κ2) is 4.99. The standard InChI is InChI=1S/C7H7Cl2NO/c1-5(4-10-11)7(9)3-6(2)8/h3-4,11H,1-2H2/b7-3+,10-4+. The Balaban J connectivity index is 4.36. The highest BCUT2D eigenvalue weighted by molar-refractivity contribution is 6.37. The Morgan fingerprint density at radius 2 is 1.91 bits per heavy atom. The van der Waals surface area contributed by atoms with E-state index in [9.17, 15) is 0 Å². The average Bonchev–Trinajstić information content (AvgIpc) is 1.86. The van der Waals surface area contributed by atoms with Gasteiger partial charge in [0.05, 0.1) is 11.2 Å². The van der Waals surface area contributed by atoms with Crippen LogP contribution in [0.4, 0.5) is 0 Å². The van der Waals surface area contributed by atoms with Gasteiger partial charge in [-0.15, -0.1) is 0 Å². The zero-order chi connectivity index (χ0) is 8.85. The molecule has 0 spiro atoms. The average molecular weight is 192 g/mol. The molecule has 0 aliphatic rings. The smallest absolute Gasteiger partial charge is 0.0742 e. The Bertz CT molecular complexity index is 231. The van der Waals surface area contributed by atoms with Crippen molar-refractivity contribution in [3.63, 3.8) is 0 Å². The van der Waals surface area contributed by atoms with Crippen molar-refractivity contribution in [1.82, 2.24) is 0 Å². The number of allylic oxidation sites excluding steroid dienone is 4. The summed E-state index contributed by atoms with van der Waals surface area (Å²) in [4.78, 5) is 0. The highest BCUT2D eigenvalue weighted by Crippen LogP contribution is 2.14. The van der Waals surface area contributed by atoms with Crippen molar-refractivity contribution in [3.05, 3.63) is 34.9 Å². The second-order valence-corrected chi connectivity index (χ2v) is 2.60. The lowest BCUT2D eigenvalue weighted by atomic mass is 10.3. The third-order valence-corrected chi connectivity index (χ3v) is 1.26. The van der Waals surface area contributed by atoms with Crippen molar-refractivity contribution >= 4 is 29.4 Å². The number of nitrogens with zero attached hydrogens (tertiary/aromatic N) is 1. The van der Waals surface area contributed by atoms with E-state index in [-0.39, 0.29) is 0 Å². The summed E-state index contributed by atoms with van der Waals surface area (Å²) < 4.78 is 0. The van der Waals surface area contributed by atoms with E-state index in [1.807, 2.05) is 0 Å². The van der Waals surface area contributed by atoms with Crippen LogP contribution in [0.3, 0.4) is 0 Å². The fourth-order valence-electron chi connectivity index (χ4n) is 0.362. The molecule has 1 N–H and O–H groups in total. The molecule has 0 saturated carbocycles. The molecule has 2 nitrogen and oxygen atoms in total. The first-order valence-electron chi connectivity index (χ1n) is 2.66. The van der Waals surface area contributed by atoms with E-state index in [4.69, 9.17) is 28.4 Å². The van der Waals surface area contributed by atoms with Gasteiger partial charge in [-0.2, -0.15) is 0 Å². The molecule has 0 radical (unpaired) electrons. The minimum Gasteiger partial charge on any atom is -0.411 e. The lowest BCUT2D eigenvalue weighted by molar-refractivity contribution is 0.322. The van der Waals surface area contributed by atoms with E-state index < -0.39 is 0 Å². The fourth-order valence-corrected chi connectivity index (χ4v) is 0.707. The Morgan fingerprint density at radius 3 is 2.27 bits per heavy atom. The highest BCUT2D eigenvalue weighted by Gasteiger charge is 1.95. The molecule has 0 heterocycles. The summed E-state index contributed by atoms with van der Waals surface area (Å²) in [7, 11) is 0. The maximum absolute atomic E-state index is 8.09. The molecule has 0 aliphatic carbocycles. The van der Waals surface area contributed by atoms with Gasteiger partial charge in [-0.25, -0.2) is 0 Å². The van der Waals surface area contributed by atoms with Gasteiger partial charge in [0.2, 0.25) is 0 Å². The summed E-state index contributed by atoms with van der Waals surface area (Å²) in [5, 5.41) is 11.4. The van der Waals surface area contributed by atoms with Crippen molar-refractivity contribution in [1.29, 1.82) is 0 Å². The van der Waals surface area contributed by atoms with Gasteiger partial charge in [0.25, 0.3) is 0 Å². The highest BCUT2D eigenvalue weighted by atomic mass is 35.5. The zero-order valence-electron chi connectivity index (χ0n) is 5.72. The summed E-state index contributed by atoms with van der Waals surface area (Å²) in [6.45, 7) is 6.88. The normalized spacial score (nSPS) is 12.0. The molecule has 0 aromatic rings. The van der Waals surface area contributed by atoms with Crippen LogP contribution in [-0.2, 0) is 0 Å². The zero-order valence-corrected chi connectivity index (χ0v) is 7.23. The molecule has 0 amide bonds. The van der Waals surface area contributed by atoms with Crippen LogP contribution in [0.1, 0.15) is 0 Å². The topological polar surface area (TPSA) is 32.6 Å². The summed E-state index contributed by atoms with van der Waals surface area (Å²) in [5.74, 6) is 0. The molecule has 11 heavy (non-hydrogen) atoms. The van der Waals surface area contributed by atoms with Gasteiger partial charge >= 0.3 is 0 Å². The molecule has 0 bridgehead atoms. The predicted molar refractivity (Wildman–Crippen MR) is 48.3 cm³/mol. The van der Waals surface area contributed by atoms with Crippen LogP contribution in [0, 0.1) is 0 Å². The van der Waals surface area contributed by atoms with Crippen LogP contribution < -0.4 is 0 Å². The molecule has 0 unspecified atom stereocenters. The monoisotopic (exact) mass is 191 g/mol. The molecule has 4 heteroatoms. The van der Waals surface area contributed by atoms with Gasteiger partial charge in [0, 0.05) is 10.6 Å². The summed E-state index contributed by atoms with van der Waals surface area (Å²) >= 11 is 11.0. The van der Waals surface area contributed by atoms with Gasteiger partial charge in [-0.1, -0.05) is 41.5 Å². The number of hydrogen-bond acceptors (Lipinski definition) is 2. The van der Waals surface area contributed by atoms with E-state index in [1.54, 1.807) is 0 Å². The second-order valence-electron chi connectivity index (χ2n) is 1.71. The van der Waals surface area contributed by atoms with Crippen LogP contribution in [0.15, 0.2) is 40.0 Å². The predicted octanol–water partition coefficient (Wildman–Crippen LogP) is 2.88. The first kappa shape index (κ1) is 10.3. The van der Waals surface area contributed by atoms with Crippen LogP contribution in [0.2, 0.25) is 0 Å². The molecular formula is C7H7Cl2NO. The van der Waals surface area contributed by atoms with Crippen LogP contribution in [-0.4, -0.2) is 11.4 Å². The van der Waals surface area contributed by atoms with Crippen molar-refractivity contribution < 1.29 is 5.21 Å². The molecule has 0 atom stereocenters. The Kier molecular flexibility index (Phi) is 4.66. The quantitative estimate of drug-likeness (QED) is 0.317. The number of halogens is 2. The van der Waals surface area contributed by atoms with Crippen LogP contribution in [0.25, 0.3) is 0 Å². The van der Waals surface area contributed by atoms with E-state index >= 15 is 0 Å².